The highest BCUT2D eigenvalue weighted by atomic mass is 35.5. The van der Waals surface area contributed by atoms with Crippen molar-refractivity contribution in [1.29, 1.82) is 0 Å². The normalized spacial score (nSPS) is 26.4. The average Bonchev–Trinajstić information content (AvgIpc) is 2.53. The summed E-state index contributed by atoms with van der Waals surface area (Å²) in [5.74, 6) is 0.813. The van der Waals surface area contributed by atoms with Crippen molar-refractivity contribution in [3.05, 3.63) is 34.3 Å². The standard InChI is InChI=1S/C18H25ClN2O2/c1-11-2-3-13(10-16(11)19)18(23)21-17(14-8-15(22)9-14)12-4-6-20-7-5-12/h2-3,10,12,14-15,17,20,22H,4-9H2,1H3,(H,21,23)/t14?,15?,17-/m1/s1. The SMILES string of the molecule is Cc1ccc(C(=O)N[C@H](C2CCNCC2)C2CC(O)C2)cc1Cl. The predicted octanol–water partition coefficient (Wildman–Crippen LogP) is 2.52. The summed E-state index contributed by atoms with van der Waals surface area (Å²) in [7, 11) is 0. The van der Waals surface area contributed by atoms with Crippen molar-refractivity contribution in [3.8, 4) is 0 Å². The molecule has 3 rings (SSSR count). The molecular formula is C18H25ClN2O2. The van der Waals surface area contributed by atoms with Gasteiger partial charge in [-0.05, 0) is 75.2 Å². The summed E-state index contributed by atoms with van der Waals surface area (Å²) < 4.78 is 0. The van der Waals surface area contributed by atoms with Gasteiger partial charge in [0.15, 0.2) is 0 Å². The Morgan fingerprint density at radius 2 is 2.00 bits per heavy atom. The van der Waals surface area contributed by atoms with E-state index in [1.54, 1.807) is 6.07 Å². The van der Waals surface area contributed by atoms with Crippen molar-refractivity contribution < 1.29 is 9.90 Å². The molecule has 3 N–H and O–H groups in total. The van der Waals surface area contributed by atoms with E-state index in [9.17, 15) is 9.90 Å². The Morgan fingerprint density at radius 1 is 1.30 bits per heavy atom. The van der Waals surface area contributed by atoms with Gasteiger partial charge in [0.1, 0.15) is 0 Å². The van der Waals surface area contributed by atoms with Gasteiger partial charge in [-0.3, -0.25) is 4.79 Å². The number of hydrogen-bond donors (Lipinski definition) is 3. The minimum Gasteiger partial charge on any atom is -0.393 e. The molecular weight excluding hydrogens is 312 g/mol. The summed E-state index contributed by atoms with van der Waals surface area (Å²) in [6, 6.07) is 5.59. The number of hydrogen-bond acceptors (Lipinski definition) is 3. The summed E-state index contributed by atoms with van der Waals surface area (Å²) in [5, 5.41) is 16.9. The summed E-state index contributed by atoms with van der Waals surface area (Å²) >= 11 is 6.14. The van der Waals surface area contributed by atoms with Gasteiger partial charge in [0.2, 0.25) is 0 Å². The molecule has 2 fully saturated rings. The van der Waals surface area contributed by atoms with Crippen LogP contribution < -0.4 is 10.6 Å². The first-order valence-corrected chi connectivity index (χ1v) is 8.88. The summed E-state index contributed by atoms with van der Waals surface area (Å²) in [6.07, 6.45) is 3.54. The highest BCUT2D eigenvalue weighted by Crippen LogP contribution is 2.36. The molecule has 1 heterocycles. The highest BCUT2D eigenvalue weighted by molar-refractivity contribution is 6.31. The molecule has 1 amide bonds. The lowest BCUT2D eigenvalue weighted by Crippen LogP contribution is -2.52. The maximum absolute atomic E-state index is 12.6. The van der Waals surface area contributed by atoms with Crippen LogP contribution in [0.1, 0.15) is 41.6 Å². The molecule has 1 aliphatic heterocycles. The van der Waals surface area contributed by atoms with E-state index in [2.05, 4.69) is 10.6 Å². The zero-order chi connectivity index (χ0) is 16.4. The first-order valence-electron chi connectivity index (χ1n) is 8.50. The van der Waals surface area contributed by atoms with Crippen molar-refractivity contribution in [2.75, 3.05) is 13.1 Å². The van der Waals surface area contributed by atoms with Crippen LogP contribution in [0.25, 0.3) is 0 Å². The topological polar surface area (TPSA) is 61.4 Å². The number of rotatable bonds is 4. The fraction of sp³-hybridized carbons (Fsp3) is 0.611. The van der Waals surface area contributed by atoms with E-state index in [1.165, 1.54) is 0 Å². The van der Waals surface area contributed by atoms with Gasteiger partial charge < -0.3 is 15.7 Å². The number of halogens is 1. The first-order chi connectivity index (χ1) is 11.0. The third-order valence-electron chi connectivity index (χ3n) is 5.28. The molecule has 1 saturated heterocycles. The average molecular weight is 337 g/mol. The number of nitrogens with one attached hydrogen (secondary N) is 2. The van der Waals surface area contributed by atoms with Gasteiger partial charge in [-0.2, -0.15) is 0 Å². The van der Waals surface area contributed by atoms with Crippen molar-refractivity contribution in [2.45, 2.75) is 44.8 Å². The van der Waals surface area contributed by atoms with Crippen LogP contribution in [-0.4, -0.2) is 36.2 Å². The van der Waals surface area contributed by atoms with Crippen molar-refractivity contribution in [3.63, 3.8) is 0 Å². The molecule has 1 aromatic rings. The zero-order valence-corrected chi connectivity index (χ0v) is 14.3. The number of aliphatic hydroxyl groups excluding tert-OH is 1. The number of carbonyl (C=O) groups is 1. The maximum Gasteiger partial charge on any atom is 0.251 e. The van der Waals surface area contributed by atoms with Crippen molar-refractivity contribution in [1.82, 2.24) is 10.6 Å². The number of aryl methyl sites for hydroxylation is 1. The summed E-state index contributed by atoms with van der Waals surface area (Å²) in [4.78, 5) is 12.6. The smallest absolute Gasteiger partial charge is 0.251 e. The summed E-state index contributed by atoms with van der Waals surface area (Å²) in [6.45, 7) is 3.93. The van der Waals surface area contributed by atoms with E-state index in [0.29, 0.717) is 22.4 Å². The van der Waals surface area contributed by atoms with Gasteiger partial charge in [-0.25, -0.2) is 0 Å². The zero-order valence-electron chi connectivity index (χ0n) is 13.5. The van der Waals surface area contributed by atoms with Crippen molar-refractivity contribution in [2.24, 2.45) is 11.8 Å². The van der Waals surface area contributed by atoms with Crippen LogP contribution in [0.15, 0.2) is 18.2 Å². The van der Waals surface area contributed by atoms with Gasteiger partial charge in [0, 0.05) is 16.6 Å². The Bertz CT molecular complexity index is 566. The van der Waals surface area contributed by atoms with Gasteiger partial charge >= 0.3 is 0 Å². The van der Waals surface area contributed by atoms with E-state index in [-0.39, 0.29) is 18.1 Å². The van der Waals surface area contributed by atoms with Gasteiger partial charge in [0.05, 0.1) is 6.10 Å². The Labute approximate surface area is 142 Å². The molecule has 2 aliphatic rings. The third-order valence-corrected chi connectivity index (χ3v) is 5.69. The van der Waals surface area contributed by atoms with Crippen LogP contribution in [-0.2, 0) is 0 Å². The van der Waals surface area contributed by atoms with Gasteiger partial charge in [-0.15, -0.1) is 0 Å². The predicted molar refractivity (Wildman–Crippen MR) is 91.8 cm³/mol. The lowest BCUT2D eigenvalue weighted by atomic mass is 9.71. The molecule has 4 nitrogen and oxygen atoms in total. The van der Waals surface area contributed by atoms with Crippen LogP contribution in [0, 0.1) is 18.8 Å². The van der Waals surface area contributed by atoms with E-state index in [0.717, 1.165) is 44.3 Å². The molecule has 1 saturated carbocycles. The number of amides is 1. The summed E-state index contributed by atoms with van der Waals surface area (Å²) in [5.41, 5.74) is 1.58. The minimum absolute atomic E-state index is 0.0585. The van der Waals surface area contributed by atoms with E-state index in [1.807, 2.05) is 19.1 Å². The third kappa shape index (κ3) is 3.87. The second kappa shape index (κ2) is 7.20. The molecule has 1 aromatic carbocycles. The molecule has 126 valence electrons. The highest BCUT2D eigenvalue weighted by Gasteiger charge is 2.39. The molecule has 0 radical (unpaired) electrons. The Kier molecular flexibility index (Phi) is 5.24. The monoisotopic (exact) mass is 336 g/mol. The number of benzene rings is 1. The quantitative estimate of drug-likeness (QED) is 0.791. The number of carbonyl (C=O) groups excluding carboxylic acids is 1. The van der Waals surface area contributed by atoms with Gasteiger partial charge in [-0.1, -0.05) is 17.7 Å². The molecule has 5 heteroatoms. The molecule has 0 spiro atoms. The van der Waals surface area contributed by atoms with E-state index in [4.69, 9.17) is 11.6 Å². The fourth-order valence-corrected chi connectivity index (χ4v) is 3.90. The second-order valence-electron chi connectivity index (χ2n) is 6.94. The number of aliphatic hydroxyl groups is 1. The van der Waals surface area contributed by atoms with Crippen molar-refractivity contribution >= 4 is 17.5 Å². The van der Waals surface area contributed by atoms with Crippen LogP contribution in [0.4, 0.5) is 0 Å². The van der Waals surface area contributed by atoms with E-state index < -0.39 is 0 Å². The van der Waals surface area contributed by atoms with Crippen LogP contribution in [0.3, 0.4) is 0 Å². The lowest BCUT2D eigenvalue weighted by Gasteiger charge is -2.43. The number of piperidine rings is 1. The lowest BCUT2D eigenvalue weighted by molar-refractivity contribution is 0.00919. The van der Waals surface area contributed by atoms with Crippen LogP contribution >= 0.6 is 11.6 Å². The Balaban J connectivity index is 1.71. The van der Waals surface area contributed by atoms with E-state index >= 15 is 0 Å². The molecule has 1 atom stereocenters. The molecule has 23 heavy (non-hydrogen) atoms. The fourth-order valence-electron chi connectivity index (χ4n) is 3.72. The largest absolute Gasteiger partial charge is 0.393 e. The minimum atomic E-state index is -0.199. The van der Waals surface area contributed by atoms with Gasteiger partial charge in [0.25, 0.3) is 5.91 Å². The van der Waals surface area contributed by atoms with Crippen LogP contribution in [0.2, 0.25) is 5.02 Å². The molecule has 0 aromatic heterocycles. The molecule has 1 aliphatic carbocycles. The Hall–Kier alpha value is -1.10. The molecule has 0 unspecified atom stereocenters. The second-order valence-corrected chi connectivity index (χ2v) is 7.34. The maximum atomic E-state index is 12.6. The van der Waals surface area contributed by atoms with Crippen LogP contribution in [0.5, 0.6) is 0 Å². The Morgan fingerprint density at radius 3 is 2.61 bits per heavy atom. The first kappa shape index (κ1) is 16.7. The molecule has 0 bridgehead atoms.